The number of Topliss-reactive ketones (excluding diaryl/α,β-unsaturated/α-hetero) is 1. The van der Waals surface area contributed by atoms with Crippen LogP contribution in [0.4, 0.5) is 0 Å². The Morgan fingerprint density at radius 2 is 2.21 bits per heavy atom. The van der Waals surface area contributed by atoms with E-state index >= 15 is 0 Å². The molecule has 1 aliphatic rings. The van der Waals surface area contributed by atoms with E-state index in [1.165, 1.54) is 11.1 Å². The van der Waals surface area contributed by atoms with Gasteiger partial charge >= 0.3 is 0 Å². The Kier molecular flexibility index (Phi) is 2.24. The molecule has 1 heteroatoms. The van der Waals surface area contributed by atoms with Gasteiger partial charge in [0.1, 0.15) is 0 Å². The Morgan fingerprint density at radius 3 is 2.79 bits per heavy atom. The lowest BCUT2D eigenvalue weighted by Crippen LogP contribution is -1.98. The van der Waals surface area contributed by atoms with E-state index in [1.807, 2.05) is 6.07 Å². The molecule has 2 rings (SSSR count). The maximum absolute atomic E-state index is 11.3. The van der Waals surface area contributed by atoms with Gasteiger partial charge in [0.2, 0.25) is 0 Å². The number of carbonyl (C=O) groups excluding carboxylic acids is 1. The van der Waals surface area contributed by atoms with Gasteiger partial charge in [0.05, 0.1) is 0 Å². The standard InChI is InChI=1S/C13H14O/c1-9-4-3-5-11(8-9)12-6-7-13(14)10(12)2/h3-5,8,12H,2,6-7H2,1H3. The van der Waals surface area contributed by atoms with Crippen LogP contribution in [-0.4, -0.2) is 5.78 Å². The van der Waals surface area contributed by atoms with Gasteiger partial charge < -0.3 is 0 Å². The lowest BCUT2D eigenvalue weighted by atomic mass is 9.93. The summed E-state index contributed by atoms with van der Waals surface area (Å²) >= 11 is 0. The van der Waals surface area contributed by atoms with Crippen LogP contribution in [0, 0.1) is 6.92 Å². The Balaban J connectivity index is 2.32. The molecule has 1 nitrogen and oxygen atoms in total. The maximum Gasteiger partial charge on any atom is 0.158 e. The highest BCUT2D eigenvalue weighted by Gasteiger charge is 2.27. The molecule has 0 radical (unpaired) electrons. The number of carbonyl (C=O) groups is 1. The van der Waals surface area contributed by atoms with Gasteiger partial charge in [-0.3, -0.25) is 4.79 Å². The van der Waals surface area contributed by atoms with Gasteiger partial charge in [-0.25, -0.2) is 0 Å². The predicted molar refractivity (Wildman–Crippen MR) is 57.3 cm³/mol. The molecule has 1 aliphatic carbocycles. The van der Waals surface area contributed by atoms with Crippen molar-refractivity contribution in [2.24, 2.45) is 0 Å². The fraction of sp³-hybridized carbons (Fsp3) is 0.308. The monoisotopic (exact) mass is 186 g/mol. The number of allylic oxidation sites excluding steroid dienone is 1. The molecule has 0 bridgehead atoms. The Hall–Kier alpha value is -1.37. The number of benzene rings is 1. The summed E-state index contributed by atoms with van der Waals surface area (Å²) in [6, 6.07) is 8.35. The van der Waals surface area contributed by atoms with E-state index in [0.29, 0.717) is 6.42 Å². The van der Waals surface area contributed by atoms with Crippen molar-refractivity contribution < 1.29 is 4.79 Å². The van der Waals surface area contributed by atoms with E-state index in [4.69, 9.17) is 0 Å². The van der Waals surface area contributed by atoms with E-state index < -0.39 is 0 Å². The number of hydrogen-bond acceptors (Lipinski definition) is 1. The number of aryl methyl sites for hydroxylation is 1. The topological polar surface area (TPSA) is 17.1 Å². The van der Waals surface area contributed by atoms with Gasteiger partial charge in [-0.1, -0.05) is 36.4 Å². The molecular formula is C13H14O. The quantitative estimate of drug-likeness (QED) is 0.616. The van der Waals surface area contributed by atoms with Gasteiger partial charge in [0.15, 0.2) is 5.78 Å². The summed E-state index contributed by atoms with van der Waals surface area (Å²) in [5, 5.41) is 0. The van der Waals surface area contributed by atoms with Crippen LogP contribution in [0.5, 0.6) is 0 Å². The predicted octanol–water partition coefficient (Wildman–Crippen LogP) is 3.00. The summed E-state index contributed by atoms with van der Waals surface area (Å²) in [6.07, 6.45) is 1.60. The fourth-order valence-electron chi connectivity index (χ4n) is 2.06. The van der Waals surface area contributed by atoms with Crippen LogP contribution in [0.1, 0.15) is 29.9 Å². The molecule has 0 saturated heterocycles. The van der Waals surface area contributed by atoms with E-state index in [2.05, 4.69) is 31.7 Å². The second-order valence-corrected chi connectivity index (χ2v) is 3.95. The van der Waals surface area contributed by atoms with E-state index in [1.54, 1.807) is 0 Å². The highest BCUT2D eigenvalue weighted by Crippen LogP contribution is 2.35. The zero-order valence-corrected chi connectivity index (χ0v) is 8.42. The average molecular weight is 186 g/mol. The van der Waals surface area contributed by atoms with Crippen molar-refractivity contribution in [3.63, 3.8) is 0 Å². The van der Waals surface area contributed by atoms with Crippen LogP contribution in [0.25, 0.3) is 0 Å². The van der Waals surface area contributed by atoms with Gasteiger partial charge in [0, 0.05) is 12.3 Å². The Labute approximate surface area is 84.5 Å². The first-order valence-electron chi connectivity index (χ1n) is 4.97. The molecule has 1 fully saturated rings. The molecule has 0 aliphatic heterocycles. The van der Waals surface area contributed by atoms with Crippen molar-refractivity contribution in [2.75, 3.05) is 0 Å². The number of hydrogen-bond donors (Lipinski definition) is 0. The Morgan fingerprint density at radius 1 is 1.43 bits per heavy atom. The zero-order valence-electron chi connectivity index (χ0n) is 8.42. The normalized spacial score (nSPS) is 21.6. The van der Waals surface area contributed by atoms with Gasteiger partial charge in [-0.05, 0) is 24.5 Å². The van der Waals surface area contributed by atoms with Crippen LogP contribution in [0.3, 0.4) is 0 Å². The minimum atomic E-state index is 0.233. The first-order chi connectivity index (χ1) is 6.68. The average Bonchev–Trinajstić information content (AvgIpc) is 2.48. The molecule has 0 amide bonds. The van der Waals surface area contributed by atoms with Crippen LogP contribution in [-0.2, 0) is 4.79 Å². The van der Waals surface area contributed by atoms with Crippen LogP contribution in [0.2, 0.25) is 0 Å². The van der Waals surface area contributed by atoms with Crippen molar-refractivity contribution in [1.82, 2.24) is 0 Å². The lowest BCUT2D eigenvalue weighted by Gasteiger charge is -2.10. The second kappa shape index (κ2) is 3.41. The van der Waals surface area contributed by atoms with Crippen LogP contribution in [0.15, 0.2) is 36.4 Å². The Bertz CT molecular complexity index is 390. The maximum atomic E-state index is 11.3. The molecule has 1 aromatic carbocycles. The molecular weight excluding hydrogens is 172 g/mol. The van der Waals surface area contributed by atoms with Crippen molar-refractivity contribution in [2.45, 2.75) is 25.7 Å². The molecule has 0 heterocycles. The molecule has 0 N–H and O–H groups in total. The van der Waals surface area contributed by atoms with Crippen molar-refractivity contribution in [3.05, 3.63) is 47.5 Å². The van der Waals surface area contributed by atoms with Crippen molar-refractivity contribution in [1.29, 1.82) is 0 Å². The minimum absolute atomic E-state index is 0.233. The highest BCUT2D eigenvalue weighted by atomic mass is 16.1. The third-order valence-electron chi connectivity index (χ3n) is 2.88. The third kappa shape index (κ3) is 1.50. The summed E-state index contributed by atoms with van der Waals surface area (Å²) in [7, 11) is 0. The van der Waals surface area contributed by atoms with Crippen molar-refractivity contribution in [3.8, 4) is 0 Å². The van der Waals surface area contributed by atoms with Crippen LogP contribution < -0.4 is 0 Å². The molecule has 1 saturated carbocycles. The van der Waals surface area contributed by atoms with Gasteiger partial charge in [-0.15, -0.1) is 0 Å². The lowest BCUT2D eigenvalue weighted by molar-refractivity contribution is -0.114. The molecule has 1 unspecified atom stereocenters. The van der Waals surface area contributed by atoms with Gasteiger partial charge in [-0.2, -0.15) is 0 Å². The molecule has 0 spiro atoms. The summed E-state index contributed by atoms with van der Waals surface area (Å²) in [5.41, 5.74) is 3.27. The molecule has 1 aromatic rings. The molecule has 1 atom stereocenters. The fourth-order valence-corrected chi connectivity index (χ4v) is 2.06. The minimum Gasteiger partial charge on any atom is -0.295 e. The third-order valence-corrected chi connectivity index (χ3v) is 2.88. The second-order valence-electron chi connectivity index (χ2n) is 3.95. The highest BCUT2D eigenvalue weighted by molar-refractivity contribution is 5.98. The number of rotatable bonds is 1. The molecule has 72 valence electrons. The van der Waals surface area contributed by atoms with E-state index in [9.17, 15) is 4.79 Å². The van der Waals surface area contributed by atoms with E-state index in [-0.39, 0.29) is 11.7 Å². The first kappa shape index (κ1) is 9.20. The van der Waals surface area contributed by atoms with Crippen LogP contribution >= 0.6 is 0 Å². The molecule has 14 heavy (non-hydrogen) atoms. The SMILES string of the molecule is C=C1C(=O)CCC1c1cccc(C)c1. The summed E-state index contributed by atoms with van der Waals surface area (Å²) in [6.45, 7) is 5.95. The van der Waals surface area contributed by atoms with Gasteiger partial charge in [0.25, 0.3) is 0 Å². The molecule has 0 aromatic heterocycles. The summed E-state index contributed by atoms with van der Waals surface area (Å²) in [5.74, 6) is 0.499. The zero-order chi connectivity index (χ0) is 10.1. The summed E-state index contributed by atoms with van der Waals surface area (Å²) < 4.78 is 0. The smallest absolute Gasteiger partial charge is 0.158 e. The summed E-state index contributed by atoms with van der Waals surface area (Å²) in [4.78, 5) is 11.3. The number of ketones is 1. The van der Waals surface area contributed by atoms with E-state index in [0.717, 1.165) is 12.0 Å². The van der Waals surface area contributed by atoms with Crippen molar-refractivity contribution >= 4 is 5.78 Å². The first-order valence-corrected chi connectivity index (χ1v) is 4.97. The largest absolute Gasteiger partial charge is 0.295 e.